The van der Waals surface area contributed by atoms with Crippen LogP contribution in [0.25, 0.3) is 11.0 Å². The molecule has 268 valence electrons. The Kier molecular flexibility index (Phi) is 9.41. The van der Waals surface area contributed by atoms with Crippen LogP contribution in [0, 0.1) is 20.8 Å². The molecule has 14 heteroatoms. The lowest BCUT2D eigenvalue weighted by Gasteiger charge is -2.33. The van der Waals surface area contributed by atoms with Crippen molar-refractivity contribution in [2.24, 2.45) is 0 Å². The van der Waals surface area contributed by atoms with E-state index in [0.717, 1.165) is 78.2 Å². The minimum atomic E-state index is -4.15. The molecule has 3 aliphatic rings. The quantitative estimate of drug-likeness (QED) is 0.100. The van der Waals surface area contributed by atoms with Crippen LogP contribution in [0.3, 0.4) is 0 Å². The summed E-state index contributed by atoms with van der Waals surface area (Å²) in [5.74, 6) is 0.0324. The lowest BCUT2D eigenvalue weighted by atomic mass is 9.95. The molecule has 3 aliphatic heterocycles. The van der Waals surface area contributed by atoms with Gasteiger partial charge in [0.05, 0.1) is 29.0 Å². The van der Waals surface area contributed by atoms with E-state index in [1.807, 2.05) is 11.6 Å². The molecule has 50 heavy (non-hydrogen) atoms. The normalized spacial score (nSPS) is 17.7. The summed E-state index contributed by atoms with van der Waals surface area (Å²) in [4.78, 5) is 14.4. The van der Waals surface area contributed by atoms with Crippen molar-refractivity contribution in [3.8, 4) is 11.9 Å². The zero-order valence-electron chi connectivity index (χ0n) is 30.2. The number of aromatic nitrogens is 5. The van der Waals surface area contributed by atoms with Gasteiger partial charge in [0.15, 0.2) is 0 Å². The first-order valence-electron chi connectivity index (χ1n) is 17.8. The van der Waals surface area contributed by atoms with E-state index in [1.165, 1.54) is 0 Å². The fraction of sp³-hybridized carbons (Fsp3) is 0.556. The maximum atomic E-state index is 13.5. The van der Waals surface area contributed by atoms with Crippen molar-refractivity contribution in [1.82, 2.24) is 29.9 Å². The molecule has 0 saturated carbocycles. The maximum absolute atomic E-state index is 13.5. The monoisotopic (exact) mass is 719 g/mol. The summed E-state index contributed by atoms with van der Waals surface area (Å²) < 4.78 is 47.1. The number of fused-ring (bicyclic) bond motifs is 3. The van der Waals surface area contributed by atoms with Crippen LogP contribution < -0.4 is 13.8 Å². The molecule has 0 unspecified atom stereocenters. The number of hydrogen-bond donors (Lipinski definition) is 0. The molecule has 0 spiro atoms. The highest BCUT2D eigenvalue weighted by atomic mass is 32.2. The Morgan fingerprint density at radius 3 is 2.44 bits per heavy atom. The molecule has 5 heterocycles. The molecular weight excluding hydrogens is 671 g/mol. The fourth-order valence-corrected chi connectivity index (χ4v) is 9.20. The first-order chi connectivity index (χ1) is 23.8. The zero-order chi connectivity index (χ0) is 35.3. The third-order valence-corrected chi connectivity index (χ3v) is 13.5. The predicted molar refractivity (Wildman–Crippen MR) is 195 cm³/mol. The summed E-state index contributed by atoms with van der Waals surface area (Å²) in [5.41, 5.74) is 7.23. The molecule has 0 aliphatic carbocycles. The molecule has 2 fully saturated rings. The Balaban J connectivity index is 1.20. The highest BCUT2D eigenvalue weighted by Crippen LogP contribution is 2.40. The second-order valence-electron chi connectivity index (χ2n) is 15.4. The molecular formula is C36H49N7O5SSi. The molecule has 2 aromatic heterocycles. The second kappa shape index (κ2) is 13.5. The molecule has 0 N–H and O–H groups in total. The minimum Gasteiger partial charge on any atom is -0.461 e. The number of rotatable bonds is 12. The molecule has 0 amide bonds. The lowest BCUT2D eigenvalue weighted by molar-refractivity contribution is 0.0803. The Labute approximate surface area is 296 Å². The van der Waals surface area contributed by atoms with E-state index in [4.69, 9.17) is 18.6 Å². The number of aryl methyl sites for hydroxylation is 2. The summed E-state index contributed by atoms with van der Waals surface area (Å²) >= 11 is 0. The summed E-state index contributed by atoms with van der Waals surface area (Å²) in [6, 6.07) is 9.98. The van der Waals surface area contributed by atoms with Gasteiger partial charge in [0, 0.05) is 26.8 Å². The van der Waals surface area contributed by atoms with Crippen LogP contribution in [0.5, 0.6) is 11.9 Å². The second-order valence-corrected chi connectivity index (χ2v) is 22.6. The summed E-state index contributed by atoms with van der Waals surface area (Å²) in [7, 11) is -5.36. The van der Waals surface area contributed by atoms with Gasteiger partial charge in [0.25, 0.3) is 0 Å². The third-order valence-electron chi connectivity index (χ3n) is 10.6. The standard InChI is InChI=1S/C36H49N7O5SSi/c1-25-9-11-28(12-10-25)49(44,45)48-34-29-13-18-41(22-30(29)37-35(38-34)47-23-36-14-7-16-42(36)17-8-15-36)33-27(3)26(2)21-31-32(33)39-40-43(31)24-46-19-20-50(4,5)6/h9-12,21H,7-8,13-20,22-24H2,1-6H3. The van der Waals surface area contributed by atoms with Gasteiger partial charge < -0.3 is 18.6 Å². The number of anilines is 1. The maximum Gasteiger partial charge on any atom is 0.340 e. The Bertz CT molecular complexity index is 1980. The van der Waals surface area contributed by atoms with E-state index >= 15 is 0 Å². The van der Waals surface area contributed by atoms with Gasteiger partial charge >= 0.3 is 16.1 Å². The number of nitrogens with zero attached hydrogens (tertiary/aromatic N) is 7. The van der Waals surface area contributed by atoms with Crippen molar-refractivity contribution in [3.05, 3.63) is 58.3 Å². The Morgan fingerprint density at radius 2 is 1.72 bits per heavy atom. The number of hydrogen-bond acceptors (Lipinski definition) is 11. The van der Waals surface area contributed by atoms with Gasteiger partial charge in [-0.05, 0) is 101 Å². The van der Waals surface area contributed by atoms with Crippen LogP contribution in [-0.4, -0.2) is 84.7 Å². The fourth-order valence-electron chi connectivity index (χ4n) is 7.54. The van der Waals surface area contributed by atoms with Crippen LogP contribution >= 0.6 is 0 Å². The zero-order valence-corrected chi connectivity index (χ0v) is 32.0. The summed E-state index contributed by atoms with van der Waals surface area (Å²) in [5, 5.41) is 9.13. The van der Waals surface area contributed by atoms with Gasteiger partial charge in [-0.2, -0.15) is 18.4 Å². The SMILES string of the molecule is Cc1ccc(S(=O)(=O)Oc2nc(OCC34CCCN3CCC4)nc3c2CCN(c2c(C)c(C)cc4c2nnn4COCC[Si](C)(C)C)C3)cc1. The number of ether oxygens (including phenoxy) is 2. The third kappa shape index (κ3) is 6.99. The predicted octanol–water partition coefficient (Wildman–Crippen LogP) is 5.80. The van der Waals surface area contributed by atoms with Crippen molar-refractivity contribution in [2.45, 2.75) is 102 Å². The number of benzene rings is 2. The Hall–Kier alpha value is -3.59. The van der Waals surface area contributed by atoms with Gasteiger partial charge in [-0.25, -0.2) is 4.68 Å². The average Bonchev–Trinajstić information content (AvgIpc) is 3.77. The molecule has 7 rings (SSSR count). The smallest absolute Gasteiger partial charge is 0.340 e. The average molecular weight is 720 g/mol. The molecule has 0 bridgehead atoms. The first kappa shape index (κ1) is 34.8. The van der Waals surface area contributed by atoms with Crippen LogP contribution in [0.2, 0.25) is 25.7 Å². The van der Waals surface area contributed by atoms with Gasteiger partial charge in [-0.15, -0.1) is 5.10 Å². The minimum absolute atomic E-state index is 0.0190. The molecule has 2 saturated heterocycles. The van der Waals surface area contributed by atoms with E-state index < -0.39 is 18.2 Å². The van der Waals surface area contributed by atoms with E-state index in [-0.39, 0.29) is 22.3 Å². The summed E-state index contributed by atoms with van der Waals surface area (Å²) in [6.45, 7) is 17.8. The van der Waals surface area contributed by atoms with Gasteiger partial charge in [-0.1, -0.05) is 42.6 Å². The highest BCUT2D eigenvalue weighted by Gasteiger charge is 2.45. The van der Waals surface area contributed by atoms with Crippen LogP contribution in [0.15, 0.2) is 35.2 Å². The van der Waals surface area contributed by atoms with Gasteiger partial charge in [-0.3, -0.25) is 4.90 Å². The molecule has 4 aromatic rings. The van der Waals surface area contributed by atoms with Crippen molar-refractivity contribution in [2.75, 3.05) is 37.7 Å². The van der Waals surface area contributed by atoms with Gasteiger partial charge in [0.1, 0.15) is 23.7 Å². The summed E-state index contributed by atoms with van der Waals surface area (Å²) in [6.07, 6.45) is 4.92. The van der Waals surface area contributed by atoms with E-state index in [9.17, 15) is 8.42 Å². The molecule has 0 atom stereocenters. The largest absolute Gasteiger partial charge is 0.461 e. The lowest BCUT2D eigenvalue weighted by Crippen LogP contribution is -2.43. The van der Waals surface area contributed by atoms with Crippen LogP contribution in [-0.2, 0) is 34.6 Å². The van der Waals surface area contributed by atoms with Crippen LogP contribution in [0.1, 0.15) is 53.6 Å². The van der Waals surface area contributed by atoms with Crippen molar-refractivity contribution < 1.29 is 22.1 Å². The first-order valence-corrected chi connectivity index (χ1v) is 22.9. The van der Waals surface area contributed by atoms with Crippen molar-refractivity contribution in [3.63, 3.8) is 0 Å². The van der Waals surface area contributed by atoms with Crippen LogP contribution in [0.4, 0.5) is 5.69 Å². The van der Waals surface area contributed by atoms with Gasteiger partial charge in [0.2, 0.25) is 5.88 Å². The Morgan fingerprint density at radius 1 is 0.980 bits per heavy atom. The van der Waals surface area contributed by atoms with E-state index in [2.05, 4.69) is 64.7 Å². The topological polar surface area (TPSA) is 125 Å². The van der Waals surface area contributed by atoms with E-state index in [1.54, 1.807) is 24.3 Å². The van der Waals surface area contributed by atoms with E-state index in [0.29, 0.717) is 50.7 Å². The highest BCUT2D eigenvalue weighted by molar-refractivity contribution is 7.87. The molecule has 2 aromatic carbocycles. The van der Waals surface area contributed by atoms with Crippen molar-refractivity contribution >= 4 is 34.9 Å². The molecule has 0 radical (unpaired) electrons. The van der Waals surface area contributed by atoms with Crippen molar-refractivity contribution in [1.29, 1.82) is 0 Å². The molecule has 12 nitrogen and oxygen atoms in total.